The summed E-state index contributed by atoms with van der Waals surface area (Å²) in [5.41, 5.74) is 0. The highest BCUT2D eigenvalue weighted by Crippen LogP contribution is 2.24. The van der Waals surface area contributed by atoms with Crippen LogP contribution in [-0.2, 0) is 6.61 Å². The fraction of sp³-hybridized carbons (Fsp3) is 0.633. The number of ether oxygens (including phenoxy) is 1. The summed E-state index contributed by atoms with van der Waals surface area (Å²) in [7, 11) is 0. The van der Waals surface area contributed by atoms with Gasteiger partial charge in [-0.25, -0.2) is 0 Å². The zero-order valence-corrected chi connectivity index (χ0v) is 22.6. The van der Waals surface area contributed by atoms with Gasteiger partial charge in [0.05, 0.1) is 5.02 Å². The molecule has 0 bridgehead atoms. The number of amides is 1. The Hall–Kier alpha value is -1.94. The van der Waals surface area contributed by atoms with E-state index < -0.39 is 0 Å². The second kappa shape index (κ2) is 19.3. The number of nitrogens with one attached hydrogen (secondary N) is 1. The first kappa shape index (κ1) is 29.3. The number of carbonyl (C=O) groups is 1. The lowest BCUT2D eigenvalue weighted by Gasteiger charge is -2.06. The number of halogens is 1. The SMILES string of the molecule is CCCCCCCCCCCCCCCCCCNC(=O)c1ccc(COc2ccccc2Cl)o1. The summed E-state index contributed by atoms with van der Waals surface area (Å²) in [6.07, 6.45) is 21.5. The van der Waals surface area contributed by atoms with Crippen LogP contribution in [0.15, 0.2) is 40.8 Å². The lowest BCUT2D eigenvalue weighted by Crippen LogP contribution is -2.23. The molecule has 5 heteroatoms. The standard InChI is InChI=1S/C30H46ClNO3/c1-2-3-4-5-6-7-8-9-10-11-12-13-14-15-16-19-24-32-30(33)29-23-22-26(35-29)25-34-28-21-18-17-20-27(28)31/h17-18,20-23H,2-16,19,24-25H2,1H3,(H,32,33). The van der Waals surface area contributed by atoms with Crippen LogP contribution in [0.4, 0.5) is 0 Å². The van der Waals surface area contributed by atoms with E-state index in [2.05, 4.69) is 12.2 Å². The molecular weight excluding hydrogens is 458 g/mol. The van der Waals surface area contributed by atoms with Crippen LogP contribution in [0.1, 0.15) is 126 Å². The van der Waals surface area contributed by atoms with Crippen molar-refractivity contribution in [2.45, 2.75) is 116 Å². The van der Waals surface area contributed by atoms with E-state index in [0.717, 1.165) is 12.8 Å². The molecule has 1 heterocycles. The molecule has 2 aromatic rings. The Balaban J connectivity index is 1.39. The van der Waals surface area contributed by atoms with Gasteiger partial charge < -0.3 is 14.5 Å². The maximum atomic E-state index is 12.3. The minimum Gasteiger partial charge on any atom is -0.484 e. The fourth-order valence-electron chi connectivity index (χ4n) is 4.25. The number of hydrogen-bond acceptors (Lipinski definition) is 3. The Morgan fingerprint density at radius 2 is 1.31 bits per heavy atom. The van der Waals surface area contributed by atoms with Crippen molar-refractivity contribution in [2.24, 2.45) is 0 Å². The first-order valence-electron chi connectivity index (χ1n) is 13.9. The Morgan fingerprint density at radius 1 is 0.771 bits per heavy atom. The molecule has 2 rings (SSSR count). The molecule has 1 aromatic heterocycles. The molecule has 0 atom stereocenters. The predicted molar refractivity (Wildman–Crippen MR) is 146 cm³/mol. The maximum absolute atomic E-state index is 12.3. The monoisotopic (exact) mass is 503 g/mol. The second-order valence-corrected chi connectivity index (χ2v) is 9.95. The molecule has 0 saturated heterocycles. The summed E-state index contributed by atoms with van der Waals surface area (Å²) in [5, 5.41) is 3.50. The summed E-state index contributed by atoms with van der Waals surface area (Å²) in [6, 6.07) is 10.7. The van der Waals surface area contributed by atoms with Crippen LogP contribution in [0.2, 0.25) is 5.02 Å². The summed E-state index contributed by atoms with van der Waals surface area (Å²) >= 11 is 6.09. The van der Waals surface area contributed by atoms with Crippen LogP contribution >= 0.6 is 11.6 Å². The van der Waals surface area contributed by atoms with E-state index in [1.807, 2.05) is 12.1 Å². The quantitative estimate of drug-likeness (QED) is 0.172. The van der Waals surface area contributed by atoms with E-state index in [9.17, 15) is 4.79 Å². The van der Waals surface area contributed by atoms with Gasteiger partial charge >= 0.3 is 0 Å². The normalized spacial score (nSPS) is 11.0. The van der Waals surface area contributed by atoms with Crippen LogP contribution < -0.4 is 10.1 Å². The number of rotatable bonds is 21. The molecule has 196 valence electrons. The van der Waals surface area contributed by atoms with Gasteiger partial charge in [-0.15, -0.1) is 0 Å². The van der Waals surface area contributed by atoms with Crippen LogP contribution in [-0.4, -0.2) is 12.5 Å². The average Bonchev–Trinajstić information content (AvgIpc) is 3.34. The third-order valence-electron chi connectivity index (χ3n) is 6.41. The van der Waals surface area contributed by atoms with E-state index in [1.165, 1.54) is 89.9 Å². The number of benzene rings is 1. The van der Waals surface area contributed by atoms with Crippen molar-refractivity contribution in [2.75, 3.05) is 6.54 Å². The Labute approximate surface area is 218 Å². The predicted octanol–water partition coefficient (Wildman–Crippen LogP) is 9.50. The molecule has 0 unspecified atom stereocenters. The zero-order valence-electron chi connectivity index (χ0n) is 21.8. The fourth-order valence-corrected chi connectivity index (χ4v) is 4.44. The van der Waals surface area contributed by atoms with E-state index >= 15 is 0 Å². The Kier molecular flexibility index (Phi) is 16.1. The van der Waals surface area contributed by atoms with E-state index in [0.29, 0.717) is 28.8 Å². The van der Waals surface area contributed by atoms with Crippen molar-refractivity contribution in [1.29, 1.82) is 0 Å². The van der Waals surface area contributed by atoms with Gasteiger partial charge in [0.2, 0.25) is 0 Å². The molecule has 0 aliphatic rings. The van der Waals surface area contributed by atoms with Crippen molar-refractivity contribution in [3.63, 3.8) is 0 Å². The van der Waals surface area contributed by atoms with Crippen LogP contribution in [0.3, 0.4) is 0 Å². The highest BCUT2D eigenvalue weighted by Gasteiger charge is 2.11. The van der Waals surface area contributed by atoms with E-state index in [1.54, 1.807) is 24.3 Å². The third-order valence-corrected chi connectivity index (χ3v) is 6.72. The molecule has 0 radical (unpaired) electrons. The summed E-state index contributed by atoms with van der Waals surface area (Å²) < 4.78 is 11.3. The van der Waals surface area contributed by atoms with Crippen molar-refractivity contribution in [3.8, 4) is 5.75 Å². The maximum Gasteiger partial charge on any atom is 0.286 e. The average molecular weight is 504 g/mol. The molecule has 0 aliphatic carbocycles. The second-order valence-electron chi connectivity index (χ2n) is 9.54. The summed E-state index contributed by atoms with van der Waals surface area (Å²) in [5.74, 6) is 1.34. The Morgan fingerprint density at radius 3 is 1.89 bits per heavy atom. The van der Waals surface area contributed by atoms with Gasteiger partial charge in [-0.1, -0.05) is 127 Å². The van der Waals surface area contributed by atoms with Crippen molar-refractivity contribution in [3.05, 3.63) is 52.9 Å². The molecule has 4 nitrogen and oxygen atoms in total. The highest BCUT2D eigenvalue weighted by molar-refractivity contribution is 6.32. The minimum atomic E-state index is -0.171. The third kappa shape index (κ3) is 13.7. The first-order chi connectivity index (χ1) is 17.2. The number of hydrogen-bond donors (Lipinski definition) is 1. The Bertz CT molecular complexity index is 804. The van der Waals surface area contributed by atoms with Gasteiger partial charge in [0.25, 0.3) is 5.91 Å². The van der Waals surface area contributed by atoms with Gasteiger partial charge in [-0.3, -0.25) is 4.79 Å². The summed E-state index contributed by atoms with van der Waals surface area (Å²) in [4.78, 5) is 12.3. The number of furan rings is 1. The van der Waals surface area contributed by atoms with Crippen molar-refractivity contribution < 1.29 is 13.9 Å². The molecule has 1 aromatic carbocycles. The lowest BCUT2D eigenvalue weighted by atomic mass is 10.0. The smallest absolute Gasteiger partial charge is 0.286 e. The molecule has 0 fully saturated rings. The molecule has 1 N–H and O–H groups in total. The minimum absolute atomic E-state index is 0.171. The molecule has 0 saturated carbocycles. The zero-order chi connectivity index (χ0) is 25.0. The lowest BCUT2D eigenvalue weighted by molar-refractivity contribution is 0.0921. The van der Waals surface area contributed by atoms with Gasteiger partial charge in [0.1, 0.15) is 18.1 Å². The van der Waals surface area contributed by atoms with Crippen LogP contribution in [0.25, 0.3) is 0 Å². The van der Waals surface area contributed by atoms with Gasteiger partial charge in [-0.05, 0) is 30.7 Å². The van der Waals surface area contributed by atoms with E-state index in [4.69, 9.17) is 20.8 Å². The first-order valence-corrected chi connectivity index (χ1v) is 14.3. The molecule has 0 aliphatic heterocycles. The number of para-hydroxylation sites is 1. The van der Waals surface area contributed by atoms with Gasteiger partial charge in [0, 0.05) is 6.54 Å². The molecule has 0 spiro atoms. The van der Waals surface area contributed by atoms with Crippen LogP contribution in [0, 0.1) is 0 Å². The molecule has 1 amide bonds. The number of unbranched alkanes of at least 4 members (excludes halogenated alkanes) is 15. The number of carbonyl (C=O) groups excluding carboxylic acids is 1. The largest absolute Gasteiger partial charge is 0.484 e. The van der Waals surface area contributed by atoms with Gasteiger partial charge in [-0.2, -0.15) is 0 Å². The topological polar surface area (TPSA) is 51.5 Å². The van der Waals surface area contributed by atoms with E-state index in [-0.39, 0.29) is 12.5 Å². The van der Waals surface area contributed by atoms with Crippen molar-refractivity contribution in [1.82, 2.24) is 5.32 Å². The highest BCUT2D eigenvalue weighted by atomic mass is 35.5. The molecule has 35 heavy (non-hydrogen) atoms. The van der Waals surface area contributed by atoms with Crippen molar-refractivity contribution >= 4 is 17.5 Å². The van der Waals surface area contributed by atoms with Crippen LogP contribution in [0.5, 0.6) is 5.75 Å². The summed E-state index contributed by atoms with van der Waals surface area (Å²) in [6.45, 7) is 3.19. The van der Waals surface area contributed by atoms with Gasteiger partial charge in [0.15, 0.2) is 5.76 Å². The molecular formula is C30H46ClNO3.